The summed E-state index contributed by atoms with van der Waals surface area (Å²) in [5.74, 6) is 0. The van der Waals surface area contributed by atoms with E-state index in [1.165, 1.54) is 77.0 Å². The fourth-order valence-corrected chi connectivity index (χ4v) is 3.52. The van der Waals surface area contributed by atoms with Crippen LogP contribution in [0.1, 0.15) is 84.0 Å². The van der Waals surface area contributed by atoms with Gasteiger partial charge in [-0.2, -0.15) is 0 Å². The van der Waals surface area contributed by atoms with E-state index >= 15 is 0 Å². The van der Waals surface area contributed by atoms with Crippen LogP contribution in [-0.2, 0) is 0 Å². The zero-order chi connectivity index (χ0) is 11.2. The zero-order valence-corrected chi connectivity index (χ0v) is 16.9. The van der Waals surface area contributed by atoms with E-state index in [-0.39, 0.29) is 0 Å². The summed E-state index contributed by atoms with van der Waals surface area (Å²) in [6.07, 6.45) is 17.8. The second-order valence-electron chi connectivity index (χ2n) is 4.89. The molecule has 15 heavy (non-hydrogen) atoms. The van der Waals surface area contributed by atoms with E-state index in [4.69, 9.17) is 0 Å². The second kappa shape index (κ2) is 14.8. The van der Waals surface area contributed by atoms with Gasteiger partial charge in [0.05, 0.1) is 0 Å². The predicted molar refractivity (Wildman–Crippen MR) is 75.8 cm³/mol. The van der Waals surface area contributed by atoms with Crippen molar-refractivity contribution in [3.63, 3.8) is 0 Å². The predicted octanol–water partition coefficient (Wildman–Crippen LogP) is 4.47. The first-order valence-corrected chi connectivity index (χ1v) is 11.5. The Bertz CT molecular complexity index is 89.5. The van der Waals surface area contributed by atoms with Crippen molar-refractivity contribution in [1.82, 2.24) is 0 Å². The van der Waals surface area contributed by atoms with Crippen molar-refractivity contribution in [2.24, 2.45) is 0 Å². The Morgan fingerprint density at radius 1 is 0.533 bits per heavy atom. The van der Waals surface area contributed by atoms with Crippen molar-refractivity contribution in [1.29, 1.82) is 0 Å². The maximum absolute atomic E-state index is 2.29. The van der Waals surface area contributed by atoms with Crippen molar-refractivity contribution in [3.8, 4) is 0 Å². The summed E-state index contributed by atoms with van der Waals surface area (Å²) < 4.78 is 1.58. The van der Waals surface area contributed by atoms with E-state index in [1.54, 1.807) is 4.44 Å². The first-order valence-electron chi connectivity index (χ1n) is 7.41. The maximum atomic E-state index is 2.29. The van der Waals surface area contributed by atoms with Crippen LogP contribution in [-0.4, -0.2) is 22.5 Å². The van der Waals surface area contributed by atoms with Gasteiger partial charge in [0.2, 0.25) is 0 Å². The minimum absolute atomic E-state index is 0.960. The van der Waals surface area contributed by atoms with Crippen LogP contribution in [0.3, 0.4) is 0 Å². The first-order chi connectivity index (χ1) is 7.41. The van der Waals surface area contributed by atoms with Gasteiger partial charge in [0.1, 0.15) is 0 Å². The molecule has 92 valence electrons. The van der Waals surface area contributed by atoms with Crippen LogP contribution < -0.4 is 0 Å². The molecule has 0 aromatic rings. The molecule has 0 aliphatic rings. The van der Waals surface area contributed by atoms with E-state index in [1.807, 2.05) is 0 Å². The summed E-state index contributed by atoms with van der Waals surface area (Å²) in [7, 11) is 0. The average molecular weight is 319 g/mol. The van der Waals surface area contributed by atoms with E-state index in [0.29, 0.717) is 0 Å². The Kier molecular flexibility index (Phi) is 15.6. The molecule has 0 aromatic heterocycles. The van der Waals surface area contributed by atoms with Gasteiger partial charge in [-0.05, 0) is 0 Å². The summed E-state index contributed by atoms with van der Waals surface area (Å²) >= 11 is 0.960. The van der Waals surface area contributed by atoms with Crippen molar-refractivity contribution in [2.75, 3.05) is 0 Å². The van der Waals surface area contributed by atoms with E-state index < -0.39 is 0 Å². The van der Waals surface area contributed by atoms with Gasteiger partial charge in [0.25, 0.3) is 0 Å². The molecule has 0 heterocycles. The molecule has 0 aromatic carbocycles. The van der Waals surface area contributed by atoms with Crippen molar-refractivity contribution in [3.05, 3.63) is 0 Å². The average Bonchev–Trinajstić information content (AvgIpc) is 2.26. The number of rotatable bonds is 12. The van der Waals surface area contributed by atoms with Gasteiger partial charge in [-0.25, -0.2) is 0 Å². The Hall–Kier alpha value is 0.799. The standard InChI is InChI=1S/C14H29.Sn.3H/c1-3-5-7-9-11-13-14-12-10-8-6-4-2;;;;/h1,3-14H2,2H3;;;;. The Balaban J connectivity index is 2.81. The summed E-state index contributed by atoms with van der Waals surface area (Å²) in [6, 6.07) is 0. The Morgan fingerprint density at radius 3 is 1.20 bits per heavy atom. The topological polar surface area (TPSA) is 0 Å². The van der Waals surface area contributed by atoms with Crippen LogP contribution >= 0.6 is 0 Å². The van der Waals surface area contributed by atoms with Crippen LogP contribution in [0.25, 0.3) is 0 Å². The molecule has 0 rings (SSSR count). The van der Waals surface area contributed by atoms with E-state index in [0.717, 1.165) is 22.5 Å². The molecule has 0 fully saturated rings. The van der Waals surface area contributed by atoms with E-state index in [9.17, 15) is 0 Å². The summed E-state index contributed by atoms with van der Waals surface area (Å²) in [6.45, 7) is 2.29. The van der Waals surface area contributed by atoms with Crippen LogP contribution in [0, 0.1) is 0 Å². The van der Waals surface area contributed by atoms with Gasteiger partial charge in [0.15, 0.2) is 0 Å². The fraction of sp³-hybridized carbons (Fsp3) is 1.00. The fourth-order valence-electron chi connectivity index (χ4n) is 2.09. The molecule has 0 atom stereocenters. The number of hydrogen-bond donors (Lipinski definition) is 0. The Labute approximate surface area is 111 Å². The molecule has 0 saturated heterocycles. The molecule has 0 unspecified atom stereocenters. The van der Waals surface area contributed by atoms with Crippen LogP contribution in [0.2, 0.25) is 4.44 Å². The van der Waals surface area contributed by atoms with Crippen molar-refractivity contribution in [2.45, 2.75) is 88.4 Å². The molecule has 0 N–H and O–H groups in total. The van der Waals surface area contributed by atoms with Crippen molar-refractivity contribution >= 4 is 22.5 Å². The summed E-state index contributed by atoms with van der Waals surface area (Å²) in [5, 5.41) is 0. The molecule has 0 aliphatic carbocycles. The third-order valence-electron chi connectivity index (χ3n) is 3.21. The molecular formula is C14H32Sn. The zero-order valence-electron chi connectivity index (χ0n) is 11.2. The molecule has 0 spiro atoms. The molecule has 0 nitrogen and oxygen atoms in total. The molecule has 0 bridgehead atoms. The van der Waals surface area contributed by atoms with Gasteiger partial charge in [-0.3, -0.25) is 0 Å². The minimum atomic E-state index is 0.960. The van der Waals surface area contributed by atoms with Crippen LogP contribution in [0.15, 0.2) is 0 Å². The quantitative estimate of drug-likeness (QED) is 0.368. The monoisotopic (exact) mass is 320 g/mol. The van der Waals surface area contributed by atoms with Crippen molar-refractivity contribution < 1.29 is 0 Å². The Morgan fingerprint density at radius 2 is 0.867 bits per heavy atom. The summed E-state index contributed by atoms with van der Waals surface area (Å²) in [4.78, 5) is 0. The normalized spacial score (nSPS) is 11.0. The van der Waals surface area contributed by atoms with Gasteiger partial charge >= 0.3 is 97.6 Å². The van der Waals surface area contributed by atoms with E-state index in [2.05, 4.69) is 6.92 Å². The molecule has 0 radical (unpaired) electrons. The van der Waals surface area contributed by atoms with Crippen LogP contribution in [0.4, 0.5) is 0 Å². The SMILES string of the molecule is CCCCCCCCCCCCC[CH2][SnH3]. The second-order valence-corrected chi connectivity index (χ2v) is 7.74. The van der Waals surface area contributed by atoms with Crippen LogP contribution in [0.5, 0.6) is 0 Å². The first kappa shape index (κ1) is 15.8. The molecule has 0 amide bonds. The van der Waals surface area contributed by atoms with Gasteiger partial charge < -0.3 is 0 Å². The molecule has 0 saturated carbocycles. The molecule has 1 heteroatoms. The van der Waals surface area contributed by atoms with Gasteiger partial charge in [-0.15, -0.1) is 0 Å². The third kappa shape index (κ3) is 14.8. The van der Waals surface area contributed by atoms with Gasteiger partial charge in [0, 0.05) is 0 Å². The number of unbranched alkanes of at least 4 members (excludes halogenated alkanes) is 11. The summed E-state index contributed by atoms with van der Waals surface area (Å²) in [5.41, 5.74) is 0. The van der Waals surface area contributed by atoms with Gasteiger partial charge in [-0.1, -0.05) is 13.3 Å². The third-order valence-corrected chi connectivity index (χ3v) is 5.23. The number of hydrogen-bond acceptors (Lipinski definition) is 0. The molecular weight excluding hydrogens is 287 g/mol. The molecule has 0 aliphatic heterocycles.